The van der Waals surface area contributed by atoms with Crippen molar-refractivity contribution in [1.29, 1.82) is 0 Å². The van der Waals surface area contributed by atoms with E-state index in [4.69, 9.17) is 21.2 Å². The first kappa shape index (κ1) is 21.7. The lowest BCUT2D eigenvalue weighted by atomic mass is 10.1. The molecule has 0 heterocycles. The molecule has 0 aliphatic carbocycles. The highest BCUT2D eigenvalue weighted by Gasteiger charge is 2.21. The normalized spacial score (nSPS) is 10.8. The number of benzene rings is 1. The minimum Gasteiger partial charge on any atom is -0.493 e. The quantitative estimate of drug-likeness (QED) is 0.284. The van der Waals surface area contributed by atoms with Gasteiger partial charge in [-0.2, -0.15) is 0 Å². The number of nitrogen functional groups attached to an aromatic ring is 2. The van der Waals surface area contributed by atoms with Gasteiger partial charge in [-0.05, 0) is 36.8 Å². The van der Waals surface area contributed by atoms with Crippen LogP contribution < -0.4 is 32.0 Å². The Morgan fingerprint density at radius 1 is 0.846 bits per heavy atom. The summed E-state index contributed by atoms with van der Waals surface area (Å²) < 4.78 is 11.4. The predicted octanol–water partition coefficient (Wildman–Crippen LogP) is 1.74. The van der Waals surface area contributed by atoms with Crippen molar-refractivity contribution in [3.8, 4) is 11.5 Å². The Kier molecular flexibility index (Phi) is 8.87. The number of carbonyl (C=O) groups is 2. The molecule has 0 aliphatic heterocycles. The molecule has 0 saturated heterocycles. The highest BCUT2D eigenvalue weighted by molar-refractivity contribution is 6.02. The van der Waals surface area contributed by atoms with Gasteiger partial charge in [0.05, 0.1) is 24.3 Å². The second-order valence-electron chi connectivity index (χ2n) is 6.85. The fraction of sp³-hybridized carbons (Fsp3) is 0.556. The lowest BCUT2D eigenvalue weighted by Crippen LogP contribution is -2.32. The zero-order valence-electron chi connectivity index (χ0n) is 15.9. The summed E-state index contributed by atoms with van der Waals surface area (Å²) >= 11 is 0. The number of carbonyl (C=O) groups excluding carboxylic acids is 2. The number of rotatable bonds is 10. The van der Waals surface area contributed by atoms with Crippen molar-refractivity contribution in [3.63, 3.8) is 0 Å². The van der Waals surface area contributed by atoms with Crippen molar-refractivity contribution in [2.75, 3.05) is 13.2 Å². The van der Waals surface area contributed by atoms with Crippen LogP contribution in [0.5, 0.6) is 11.5 Å². The van der Waals surface area contributed by atoms with Crippen LogP contribution in [-0.4, -0.2) is 25.0 Å². The first-order valence-corrected chi connectivity index (χ1v) is 8.75. The topological polar surface area (TPSA) is 129 Å². The monoisotopic (exact) mass is 366 g/mol. The summed E-state index contributed by atoms with van der Waals surface area (Å²) in [6, 6.07) is 2.91. The maximum Gasteiger partial charge on any atom is 0.269 e. The molecule has 0 bridgehead atoms. The molecule has 0 fully saturated rings. The molecule has 0 aliphatic rings. The first-order valence-electron chi connectivity index (χ1n) is 8.75. The van der Waals surface area contributed by atoms with E-state index in [-0.39, 0.29) is 22.6 Å². The van der Waals surface area contributed by atoms with E-state index < -0.39 is 11.8 Å². The fourth-order valence-corrected chi connectivity index (χ4v) is 2.12. The molecule has 1 rings (SSSR count). The van der Waals surface area contributed by atoms with E-state index in [1.54, 1.807) is 0 Å². The first-order chi connectivity index (χ1) is 12.3. The highest BCUT2D eigenvalue weighted by atomic mass is 16.5. The Bertz CT molecular complexity index is 564. The van der Waals surface area contributed by atoms with Crippen LogP contribution in [-0.2, 0) is 0 Å². The molecule has 26 heavy (non-hydrogen) atoms. The molecule has 146 valence electrons. The highest BCUT2D eigenvalue weighted by Crippen LogP contribution is 2.30. The fourth-order valence-electron chi connectivity index (χ4n) is 2.12. The molecule has 0 atom stereocenters. The second-order valence-corrected chi connectivity index (χ2v) is 6.85. The van der Waals surface area contributed by atoms with Crippen LogP contribution in [0.2, 0.25) is 0 Å². The Balaban J connectivity index is 3.21. The number of nitrogens with two attached hydrogens (primary N) is 2. The molecule has 0 unspecified atom stereocenters. The standard InChI is InChI=1S/C18H30N4O4/c1-11(2)5-7-25-15-9-14(18(24)22-20)16(26-8-6-12(3)4)10-13(15)17(23)21-19/h9-12H,5-8,19-20H2,1-4H3,(H,21,23)(H,22,24). The second kappa shape index (κ2) is 10.6. The molecule has 1 aromatic rings. The summed E-state index contributed by atoms with van der Waals surface area (Å²) in [6.45, 7) is 9.07. The summed E-state index contributed by atoms with van der Waals surface area (Å²) in [7, 11) is 0. The maximum atomic E-state index is 12.1. The van der Waals surface area contributed by atoms with E-state index in [9.17, 15) is 9.59 Å². The van der Waals surface area contributed by atoms with Gasteiger partial charge >= 0.3 is 0 Å². The van der Waals surface area contributed by atoms with Gasteiger partial charge in [-0.3, -0.25) is 20.4 Å². The van der Waals surface area contributed by atoms with E-state index in [0.29, 0.717) is 25.0 Å². The maximum absolute atomic E-state index is 12.1. The average Bonchev–Trinajstić information content (AvgIpc) is 2.60. The van der Waals surface area contributed by atoms with Crippen LogP contribution >= 0.6 is 0 Å². The zero-order chi connectivity index (χ0) is 19.7. The van der Waals surface area contributed by atoms with Gasteiger partial charge in [0.15, 0.2) is 0 Å². The smallest absolute Gasteiger partial charge is 0.269 e. The Morgan fingerprint density at radius 2 is 1.19 bits per heavy atom. The van der Waals surface area contributed by atoms with Gasteiger partial charge < -0.3 is 9.47 Å². The lowest BCUT2D eigenvalue weighted by Gasteiger charge is -2.17. The third kappa shape index (κ3) is 6.53. The SMILES string of the molecule is CC(C)CCOc1cc(C(=O)NN)c(OCCC(C)C)cc1C(=O)NN. The lowest BCUT2D eigenvalue weighted by molar-refractivity contribution is 0.0934. The number of hydrogen-bond acceptors (Lipinski definition) is 6. The molecule has 0 spiro atoms. The molecule has 6 N–H and O–H groups in total. The van der Waals surface area contributed by atoms with E-state index in [0.717, 1.165) is 12.8 Å². The number of amides is 2. The molecule has 8 heteroatoms. The van der Waals surface area contributed by atoms with E-state index in [1.807, 2.05) is 0 Å². The van der Waals surface area contributed by atoms with Crippen LogP contribution in [0.25, 0.3) is 0 Å². The van der Waals surface area contributed by atoms with E-state index >= 15 is 0 Å². The minimum atomic E-state index is -0.530. The third-order valence-corrected chi connectivity index (χ3v) is 3.74. The molecule has 1 aromatic carbocycles. The van der Waals surface area contributed by atoms with Crippen molar-refractivity contribution in [2.45, 2.75) is 40.5 Å². The third-order valence-electron chi connectivity index (χ3n) is 3.74. The Morgan fingerprint density at radius 3 is 1.46 bits per heavy atom. The largest absolute Gasteiger partial charge is 0.493 e. The van der Waals surface area contributed by atoms with Gasteiger partial charge in [0.1, 0.15) is 11.5 Å². The summed E-state index contributed by atoms with van der Waals surface area (Å²) in [5.74, 6) is 10.9. The van der Waals surface area contributed by atoms with Gasteiger partial charge in [-0.15, -0.1) is 0 Å². The van der Waals surface area contributed by atoms with Crippen molar-refractivity contribution < 1.29 is 19.1 Å². The van der Waals surface area contributed by atoms with E-state index in [2.05, 4.69) is 38.5 Å². The van der Waals surface area contributed by atoms with Crippen molar-refractivity contribution >= 4 is 11.8 Å². The van der Waals surface area contributed by atoms with Gasteiger partial charge in [0, 0.05) is 0 Å². The van der Waals surface area contributed by atoms with Gasteiger partial charge in [-0.25, -0.2) is 11.7 Å². The predicted molar refractivity (Wildman–Crippen MR) is 99.6 cm³/mol. The van der Waals surface area contributed by atoms with Crippen LogP contribution in [0.1, 0.15) is 61.3 Å². The van der Waals surface area contributed by atoms with Gasteiger partial charge in [-0.1, -0.05) is 27.7 Å². The van der Waals surface area contributed by atoms with Crippen LogP contribution in [0.3, 0.4) is 0 Å². The van der Waals surface area contributed by atoms with Crippen LogP contribution in [0, 0.1) is 11.8 Å². The summed E-state index contributed by atoms with van der Waals surface area (Å²) in [4.78, 5) is 24.2. The summed E-state index contributed by atoms with van der Waals surface area (Å²) in [6.07, 6.45) is 1.60. The summed E-state index contributed by atoms with van der Waals surface area (Å²) in [5, 5.41) is 0. The molecule has 0 aromatic heterocycles. The van der Waals surface area contributed by atoms with Gasteiger partial charge in [0.2, 0.25) is 0 Å². The average molecular weight is 366 g/mol. The molecular weight excluding hydrogens is 336 g/mol. The van der Waals surface area contributed by atoms with Crippen molar-refractivity contribution in [2.24, 2.45) is 23.5 Å². The van der Waals surface area contributed by atoms with E-state index in [1.165, 1.54) is 12.1 Å². The minimum absolute atomic E-state index is 0.198. The van der Waals surface area contributed by atoms with Crippen LogP contribution in [0.4, 0.5) is 0 Å². The number of hydrogen-bond donors (Lipinski definition) is 4. The van der Waals surface area contributed by atoms with Crippen molar-refractivity contribution in [1.82, 2.24) is 10.9 Å². The van der Waals surface area contributed by atoms with Crippen LogP contribution in [0.15, 0.2) is 12.1 Å². The van der Waals surface area contributed by atoms with Gasteiger partial charge in [0.25, 0.3) is 11.8 Å². The molecule has 2 amide bonds. The Labute approximate surface area is 154 Å². The van der Waals surface area contributed by atoms with Crippen molar-refractivity contribution in [3.05, 3.63) is 23.3 Å². The number of nitrogens with one attached hydrogen (secondary N) is 2. The zero-order valence-corrected chi connectivity index (χ0v) is 15.9. The number of ether oxygens (including phenoxy) is 2. The molecule has 0 saturated carbocycles. The summed E-state index contributed by atoms with van der Waals surface area (Å²) in [5.41, 5.74) is 4.57. The Hall–Kier alpha value is -2.32. The number of hydrazine groups is 2. The molecule has 0 radical (unpaired) electrons. The molecular formula is C18H30N4O4. The molecule has 8 nitrogen and oxygen atoms in total.